The predicted octanol–water partition coefficient (Wildman–Crippen LogP) is 13.0. The van der Waals surface area contributed by atoms with E-state index in [2.05, 4.69) is 190 Å². The Kier molecular flexibility index (Phi) is 7.22. The van der Waals surface area contributed by atoms with E-state index in [0.717, 1.165) is 58.1 Å². The molecule has 7 aromatic carbocycles. The lowest BCUT2D eigenvalue weighted by molar-refractivity contribution is 0.674. The zero-order valence-electron chi connectivity index (χ0n) is 30.9. The molecule has 12 rings (SSSR count). The number of nitrogens with one attached hydrogen (secondary N) is 1. The van der Waals surface area contributed by atoms with Crippen molar-refractivity contribution in [2.24, 2.45) is 9.98 Å². The van der Waals surface area contributed by atoms with Crippen LogP contribution in [0, 0.1) is 0 Å². The lowest BCUT2D eigenvalue weighted by Crippen LogP contribution is -2.34. The summed E-state index contributed by atoms with van der Waals surface area (Å²) in [5, 5.41) is 11.1. The average molecular weight is 750 g/mol. The van der Waals surface area contributed by atoms with E-state index in [-0.39, 0.29) is 6.17 Å². The van der Waals surface area contributed by atoms with Crippen LogP contribution in [0.1, 0.15) is 30.1 Å². The molecule has 6 heteroatoms. The summed E-state index contributed by atoms with van der Waals surface area (Å²) in [7, 11) is 0. The van der Waals surface area contributed by atoms with E-state index >= 15 is 0 Å². The quantitative estimate of drug-likeness (QED) is 0.187. The first-order chi connectivity index (χ1) is 28.3. The van der Waals surface area contributed by atoms with Crippen molar-refractivity contribution in [2.75, 3.05) is 0 Å². The van der Waals surface area contributed by atoms with Gasteiger partial charge in [0.25, 0.3) is 0 Å². The summed E-state index contributed by atoms with van der Waals surface area (Å²) < 4.78 is 7.34. The zero-order chi connectivity index (χ0) is 37.5. The van der Waals surface area contributed by atoms with Crippen LogP contribution in [0.15, 0.2) is 192 Å². The molecule has 5 nitrogen and oxygen atoms in total. The van der Waals surface area contributed by atoms with Gasteiger partial charge in [0, 0.05) is 64.2 Å². The van der Waals surface area contributed by atoms with Crippen LogP contribution in [0.4, 0.5) is 0 Å². The number of hydrogen-bond donors (Lipinski definition) is 1. The fourth-order valence-electron chi connectivity index (χ4n) is 9.05. The molecule has 1 N–H and O–H groups in total. The lowest BCUT2D eigenvalue weighted by Gasteiger charge is -2.25. The summed E-state index contributed by atoms with van der Waals surface area (Å²) >= 11 is 1.82. The van der Waals surface area contributed by atoms with Gasteiger partial charge in [-0.15, -0.1) is 11.3 Å². The standard InChI is InChI=1S/C51H35N5S/c1-4-16-32(17-5-1)49-52-50(33-18-6-2-7-19-33)54-51(53-49)41-31-35(30-40-37-23-12-15-27-45(37)57-48(40)41)56-42-25-13-10-22-36(42)38-28-29-44-46(47(38)56)39-24-11-14-26-43(39)55(44)34-20-8-3-9-21-34/h1,3-6,8-31,49H,2,7H2,(H,52,53,54). The Morgan fingerprint density at radius 1 is 0.579 bits per heavy atom. The molecule has 0 saturated carbocycles. The highest BCUT2D eigenvalue weighted by molar-refractivity contribution is 7.26. The minimum absolute atomic E-state index is 0.282. The SMILES string of the molecule is C1=CC(C2=NC(c3cc(-n4c5ccccc5c5ccc6c(c7ccccc7n6-c6ccccc6)c54)cc4c3sc3ccccc34)=NC(c3ccccc3)N2)=CCC1. The fraction of sp³-hybridized carbons (Fsp3) is 0.0588. The number of allylic oxidation sites excluding steroid dienone is 2. The van der Waals surface area contributed by atoms with Crippen molar-refractivity contribution in [3.63, 3.8) is 0 Å². The minimum atomic E-state index is -0.282. The molecule has 1 atom stereocenters. The van der Waals surface area contributed by atoms with Crippen molar-refractivity contribution in [3.8, 4) is 11.4 Å². The number of para-hydroxylation sites is 3. The van der Waals surface area contributed by atoms with Gasteiger partial charge in [-0.2, -0.15) is 0 Å². The number of aromatic nitrogens is 2. The smallest absolute Gasteiger partial charge is 0.160 e. The van der Waals surface area contributed by atoms with E-state index < -0.39 is 0 Å². The maximum Gasteiger partial charge on any atom is 0.160 e. The molecular weight excluding hydrogens is 715 g/mol. The van der Waals surface area contributed by atoms with Crippen molar-refractivity contribution in [1.82, 2.24) is 14.5 Å². The highest BCUT2D eigenvalue weighted by atomic mass is 32.1. The van der Waals surface area contributed by atoms with E-state index in [1.165, 1.54) is 58.3 Å². The highest BCUT2D eigenvalue weighted by Gasteiger charge is 2.26. The van der Waals surface area contributed by atoms with Gasteiger partial charge in [0.2, 0.25) is 0 Å². The second-order valence-corrected chi connectivity index (χ2v) is 15.9. The summed E-state index contributed by atoms with van der Waals surface area (Å²) in [6.45, 7) is 0. The van der Waals surface area contributed by atoms with Crippen molar-refractivity contribution >= 4 is 86.8 Å². The van der Waals surface area contributed by atoms with Crippen LogP contribution in [-0.2, 0) is 0 Å². The van der Waals surface area contributed by atoms with Gasteiger partial charge >= 0.3 is 0 Å². The number of rotatable bonds is 5. The van der Waals surface area contributed by atoms with E-state index in [4.69, 9.17) is 9.98 Å². The molecule has 0 fully saturated rings. The molecule has 270 valence electrons. The topological polar surface area (TPSA) is 46.6 Å². The Labute approximate surface area is 332 Å². The van der Waals surface area contributed by atoms with Crippen molar-refractivity contribution < 1.29 is 0 Å². The molecular formula is C51H35N5S. The normalized spacial score (nSPS) is 15.8. The van der Waals surface area contributed by atoms with Gasteiger partial charge in [0.15, 0.2) is 5.84 Å². The molecule has 4 heterocycles. The molecule has 0 spiro atoms. The van der Waals surface area contributed by atoms with Gasteiger partial charge in [-0.05, 0) is 66.9 Å². The third kappa shape index (κ3) is 5.00. The third-order valence-corrected chi connectivity index (χ3v) is 12.8. The summed E-state index contributed by atoms with van der Waals surface area (Å²) in [5.41, 5.74) is 10.2. The lowest BCUT2D eigenvalue weighted by atomic mass is 10.0. The number of benzene rings is 7. The molecule has 57 heavy (non-hydrogen) atoms. The maximum atomic E-state index is 5.42. The van der Waals surface area contributed by atoms with Crippen molar-refractivity contribution in [3.05, 3.63) is 193 Å². The number of amidine groups is 2. The molecule has 1 aliphatic carbocycles. The van der Waals surface area contributed by atoms with Crippen LogP contribution in [0.25, 0.3) is 75.2 Å². The fourth-order valence-corrected chi connectivity index (χ4v) is 10.2. The molecule has 0 amide bonds. The second-order valence-electron chi connectivity index (χ2n) is 14.9. The Morgan fingerprint density at radius 2 is 1.30 bits per heavy atom. The first-order valence-corrected chi connectivity index (χ1v) is 20.4. The van der Waals surface area contributed by atoms with Gasteiger partial charge in [-0.1, -0.05) is 127 Å². The summed E-state index contributed by atoms with van der Waals surface area (Å²) in [6.07, 6.45) is 8.48. The second kappa shape index (κ2) is 12.8. The van der Waals surface area contributed by atoms with Crippen molar-refractivity contribution in [2.45, 2.75) is 19.0 Å². The van der Waals surface area contributed by atoms with Gasteiger partial charge in [-0.3, -0.25) is 0 Å². The van der Waals surface area contributed by atoms with Crippen LogP contribution in [0.3, 0.4) is 0 Å². The predicted molar refractivity (Wildman–Crippen MR) is 241 cm³/mol. The molecule has 0 radical (unpaired) electrons. The number of hydrogen-bond acceptors (Lipinski definition) is 4. The summed E-state index contributed by atoms with van der Waals surface area (Å²) in [6, 6.07) is 57.0. The monoisotopic (exact) mass is 749 g/mol. The first-order valence-electron chi connectivity index (χ1n) is 19.6. The summed E-state index contributed by atoms with van der Waals surface area (Å²) in [5.74, 6) is 1.60. The number of fused-ring (bicyclic) bond motifs is 10. The van der Waals surface area contributed by atoms with Crippen LogP contribution < -0.4 is 5.32 Å². The Bertz CT molecular complexity index is 3380. The number of thiophene rings is 1. The van der Waals surface area contributed by atoms with Gasteiger partial charge in [0.1, 0.15) is 12.0 Å². The minimum Gasteiger partial charge on any atom is -0.344 e. The Morgan fingerprint density at radius 3 is 2.11 bits per heavy atom. The molecule has 3 aromatic heterocycles. The van der Waals surface area contributed by atoms with Crippen LogP contribution in [0.2, 0.25) is 0 Å². The van der Waals surface area contributed by atoms with Crippen LogP contribution in [-0.4, -0.2) is 20.8 Å². The van der Waals surface area contributed by atoms with E-state index in [0.29, 0.717) is 0 Å². The van der Waals surface area contributed by atoms with Gasteiger partial charge in [0.05, 0.1) is 22.1 Å². The molecule has 1 aliphatic heterocycles. The first kappa shape index (κ1) is 32.2. The molecule has 1 unspecified atom stereocenters. The number of nitrogens with zero attached hydrogens (tertiary/aromatic N) is 4. The third-order valence-electron chi connectivity index (χ3n) is 11.6. The Hall–Kier alpha value is -7.02. The number of aliphatic imine (C=N–C) groups is 2. The average Bonchev–Trinajstić information content (AvgIpc) is 3.94. The molecule has 2 aliphatic rings. The van der Waals surface area contributed by atoms with Crippen LogP contribution >= 0.6 is 11.3 Å². The van der Waals surface area contributed by atoms with Crippen molar-refractivity contribution in [1.29, 1.82) is 0 Å². The molecule has 0 bridgehead atoms. The van der Waals surface area contributed by atoms with E-state index in [1.54, 1.807) is 0 Å². The largest absolute Gasteiger partial charge is 0.344 e. The maximum absolute atomic E-state index is 5.42. The summed E-state index contributed by atoms with van der Waals surface area (Å²) in [4.78, 5) is 10.8. The van der Waals surface area contributed by atoms with Crippen LogP contribution in [0.5, 0.6) is 0 Å². The highest BCUT2D eigenvalue weighted by Crippen LogP contribution is 2.44. The molecule has 0 saturated heterocycles. The van der Waals surface area contributed by atoms with E-state index in [1.807, 2.05) is 11.3 Å². The van der Waals surface area contributed by atoms with Gasteiger partial charge in [-0.25, -0.2) is 9.98 Å². The Balaban J connectivity index is 1.20. The molecule has 10 aromatic rings. The van der Waals surface area contributed by atoms with Gasteiger partial charge < -0.3 is 14.5 Å². The van der Waals surface area contributed by atoms with E-state index in [9.17, 15) is 0 Å². The zero-order valence-corrected chi connectivity index (χ0v) is 31.7.